The second-order valence-electron chi connectivity index (χ2n) is 5.17. The fourth-order valence-corrected chi connectivity index (χ4v) is 4.21. The predicted octanol–water partition coefficient (Wildman–Crippen LogP) is 0.456. The summed E-state index contributed by atoms with van der Waals surface area (Å²) in [4.78, 5) is 1.04. The van der Waals surface area contributed by atoms with Gasteiger partial charge in [-0.05, 0) is 12.1 Å². The summed E-state index contributed by atoms with van der Waals surface area (Å²) in [5.41, 5.74) is 14.7. The topological polar surface area (TPSA) is 102 Å². The van der Waals surface area contributed by atoms with E-state index in [4.69, 9.17) is 16.2 Å². The number of nitrogens with two attached hydrogens (primary N) is 2. The van der Waals surface area contributed by atoms with Crippen LogP contribution < -0.4 is 16.8 Å². The Balaban J connectivity index is 1.83. The normalized spacial score (nSPS) is 29.4. The summed E-state index contributed by atoms with van der Waals surface area (Å²) in [5, 5.41) is 10.4. The quantitative estimate of drug-likeness (QED) is 0.631. The van der Waals surface area contributed by atoms with Gasteiger partial charge in [0.05, 0.1) is 40.0 Å². The molecule has 0 amide bonds. The van der Waals surface area contributed by atoms with Crippen LogP contribution in [-0.4, -0.2) is 23.4 Å². The first-order chi connectivity index (χ1) is 9.69. The van der Waals surface area contributed by atoms with Gasteiger partial charge in [-0.15, -0.1) is 11.8 Å². The van der Waals surface area contributed by atoms with E-state index in [1.807, 2.05) is 6.07 Å². The highest BCUT2D eigenvalue weighted by Gasteiger charge is 2.50. The molecule has 0 saturated carbocycles. The Hall–Kier alpha value is -1.86. The van der Waals surface area contributed by atoms with Crippen molar-refractivity contribution in [2.24, 2.45) is 17.4 Å². The Morgan fingerprint density at radius 2 is 2.25 bits per heavy atom. The Bertz CT molecular complexity index is 644. The van der Waals surface area contributed by atoms with Gasteiger partial charge in [-0.25, -0.2) is 0 Å². The van der Waals surface area contributed by atoms with Crippen molar-refractivity contribution in [2.75, 3.05) is 13.2 Å². The second kappa shape index (κ2) is 4.07. The van der Waals surface area contributed by atoms with Crippen LogP contribution in [0.25, 0.3) is 0 Å². The van der Waals surface area contributed by atoms with Crippen molar-refractivity contribution in [3.05, 3.63) is 52.2 Å². The molecule has 3 aliphatic rings. The van der Waals surface area contributed by atoms with Crippen molar-refractivity contribution < 1.29 is 4.74 Å². The molecule has 0 aromatic carbocycles. The maximum Gasteiger partial charge on any atom is 0.103 e. The number of nitrogens with zero attached hydrogens (tertiary/aromatic N) is 1. The van der Waals surface area contributed by atoms with E-state index in [0.717, 1.165) is 29.5 Å². The minimum atomic E-state index is -0.213. The van der Waals surface area contributed by atoms with Crippen LogP contribution in [0.4, 0.5) is 0 Å². The number of dihydropyridines is 1. The first-order valence-corrected chi connectivity index (χ1v) is 7.24. The lowest BCUT2D eigenvalue weighted by Crippen LogP contribution is -2.42. The maximum absolute atomic E-state index is 6.11. The van der Waals surface area contributed by atoms with Crippen LogP contribution >= 0.6 is 11.8 Å². The number of thioether (sulfide) groups is 1. The molecule has 7 heteroatoms. The van der Waals surface area contributed by atoms with Gasteiger partial charge in [-0.3, -0.25) is 5.10 Å². The van der Waals surface area contributed by atoms with Crippen LogP contribution in [0.2, 0.25) is 0 Å². The number of ether oxygens (including phenoxy) is 1. The zero-order valence-electron chi connectivity index (χ0n) is 10.7. The Morgan fingerprint density at radius 1 is 1.40 bits per heavy atom. The molecule has 0 bridgehead atoms. The number of aromatic amines is 1. The van der Waals surface area contributed by atoms with Crippen molar-refractivity contribution >= 4 is 11.8 Å². The predicted molar refractivity (Wildman–Crippen MR) is 76.9 cm³/mol. The average Bonchev–Trinajstić information content (AvgIpc) is 2.93. The molecule has 1 unspecified atom stereocenters. The summed E-state index contributed by atoms with van der Waals surface area (Å²) in [6, 6.07) is 2.01. The molecule has 1 atom stereocenters. The fraction of sp³-hybridized carbons (Fsp3) is 0.308. The summed E-state index contributed by atoms with van der Waals surface area (Å²) in [6.45, 7) is 1.48. The molecule has 1 aromatic rings. The lowest BCUT2D eigenvalue weighted by molar-refractivity contribution is -0.0447. The standard InChI is InChI=1S/C13H15N5OS/c14-8-3-11(15)17-9-4-13(20-12(8)9,7-5-19-6-7)10-1-2-16-18-10/h1-4,7,17H,5-6,14-15H2,(H,16,18). The van der Waals surface area contributed by atoms with E-state index < -0.39 is 0 Å². The van der Waals surface area contributed by atoms with Gasteiger partial charge in [0, 0.05) is 18.2 Å². The minimum Gasteiger partial charge on any atom is -0.398 e. The Morgan fingerprint density at radius 3 is 2.90 bits per heavy atom. The molecule has 4 rings (SSSR count). The first kappa shape index (κ1) is 11.9. The number of hydrogen-bond donors (Lipinski definition) is 4. The number of allylic oxidation sites excluding steroid dienone is 1. The van der Waals surface area contributed by atoms with Crippen LogP contribution in [0.1, 0.15) is 5.69 Å². The van der Waals surface area contributed by atoms with E-state index in [1.165, 1.54) is 0 Å². The highest BCUT2D eigenvalue weighted by atomic mass is 32.2. The van der Waals surface area contributed by atoms with Gasteiger partial charge in [-0.1, -0.05) is 0 Å². The summed E-state index contributed by atoms with van der Waals surface area (Å²) < 4.78 is 5.18. The van der Waals surface area contributed by atoms with Crippen molar-refractivity contribution in [3.8, 4) is 0 Å². The highest BCUT2D eigenvalue weighted by molar-refractivity contribution is 8.04. The van der Waals surface area contributed by atoms with Gasteiger partial charge in [-0.2, -0.15) is 5.10 Å². The lowest BCUT2D eigenvalue weighted by Gasteiger charge is -2.39. The Kier molecular flexibility index (Phi) is 2.42. The van der Waals surface area contributed by atoms with Gasteiger partial charge >= 0.3 is 0 Å². The zero-order chi connectivity index (χ0) is 13.7. The summed E-state index contributed by atoms with van der Waals surface area (Å²) in [6.07, 6.45) is 5.73. The molecule has 4 heterocycles. The van der Waals surface area contributed by atoms with Crippen LogP contribution in [0.5, 0.6) is 0 Å². The molecule has 6 nitrogen and oxygen atoms in total. The largest absolute Gasteiger partial charge is 0.398 e. The van der Waals surface area contributed by atoms with Crippen molar-refractivity contribution in [1.82, 2.24) is 15.5 Å². The maximum atomic E-state index is 6.11. The van der Waals surface area contributed by atoms with Crippen LogP contribution in [0.3, 0.4) is 0 Å². The molecule has 6 N–H and O–H groups in total. The monoisotopic (exact) mass is 289 g/mol. The van der Waals surface area contributed by atoms with Gasteiger partial charge in [0.15, 0.2) is 0 Å². The number of fused-ring (bicyclic) bond motifs is 1. The van der Waals surface area contributed by atoms with E-state index in [2.05, 4.69) is 21.6 Å². The van der Waals surface area contributed by atoms with E-state index in [1.54, 1.807) is 24.0 Å². The summed E-state index contributed by atoms with van der Waals surface area (Å²) in [5.74, 6) is 0.970. The molecule has 0 spiro atoms. The summed E-state index contributed by atoms with van der Waals surface area (Å²) in [7, 11) is 0. The SMILES string of the molecule is NC1=CC(N)=C2SC(c3ccn[nH]3)(C3COC3)C=C2N1. The van der Waals surface area contributed by atoms with E-state index >= 15 is 0 Å². The number of nitrogens with one attached hydrogen (secondary N) is 2. The molecule has 1 saturated heterocycles. The molecule has 1 fully saturated rings. The van der Waals surface area contributed by atoms with Gasteiger partial charge in [0.2, 0.25) is 0 Å². The van der Waals surface area contributed by atoms with E-state index in [0.29, 0.717) is 17.4 Å². The van der Waals surface area contributed by atoms with Crippen LogP contribution in [0.15, 0.2) is 46.5 Å². The molecule has 0 aliphatic carbocycles. The number of hydrogen-bond acceptors (Lipinski definition) is 6. The molecule has 3 aliphatic heterocycles. The van der Waals surface area contributed by atoms with Gasteiger partial charge in [0.25, 0.3) is 0 Å². The third kappa shape index (κ3) is 1.53. The van der Waals surface area contributed by atoms with Crippen LogP contribution in [-0.2, 0) is 9.48 Å². The average molecular weight is 289 g/mol. The summed E-state index contributed by atoms with van der Waals surface area (Å²) >= 11 is 1.74. The van der Waals surface area contributed by atoms with Gasteiger partial charge in [0.1, 0.15) is 5.82 Å². The number of rotatable bonds is 2. The smallest absolute Gasteiger partial charge is 0.103 e. The molecule has 104 valence electrons. The number of aromatic nitrogens is 2. The molecular weight excluding hydrogens is 274 g/mol. The van der Waals surface area contributed by atoms with E-state index in [9.17, 15) is 0 Å². The van der Waals surface area contributed by atoms with Crippen molar-refractivity contribution in [2.45, 2.75) is 4.75 Å². The number of H-pyrrole nitrogens is 1. The third-order valence-electron chi connectivity index (χ3n) is 3.89. The zero-order valence-corrected chi connectivity index (χ0v) is 11.5. The molecule has 1 aromatic heterocycles. The fourth-order valence-electron chi connectivity index (χ4n) is 2.78. The van der Waals surface area contributed by atoms with E-state index in [-0.39, 0.29) is 4.75 Å². The molecule has 20 heavy (non-hydrogen) atoms. The highest BCUT2D eigenvalue weighted by Crippen LogP contribution is 2.57. The lowest BCUT2D eigenvalue weighted by atomic mass is 9.86. The molecule has 0 radical (unpaired) electrons. The molecular formula is C13H15N5OS. The van der Waals surface area contributed by atoms with Crippen LogP contribution in [0, 0.1) is 5.92 Å². The van der Waals surface area contributed by atoms with Crippen molar-refractivity contribution in [3.63, 3.8) is 0 Å². The third-order valence-corrected chi connectivity index (χ3v) is 5.56. The van der Waals surface area contributed by atoms with Gasteiger partial charge < -0.3 is 21.5 Å². The second-order valence-corrected chi connectivity index (χ2v) is 6.45. The van der Waals surface area contributed by atoms with Crippen molar-refractivity contribution in [1.29, 1.82) is 0 Å². The Labute approximate surface area is 120 Å². The minimum absolute atomic E-state index is 0.213. The first-order valence-electron chi connectivity index (χ1n) is 6.43.